The van der Waals surface area contributed by atoms with Gasteiger partial charge in [0.25, 0.3) is 0 Å². The van der Waals surface area contributed by atoms with Crippen molar-refractivity contribution < 1.29 is 14.7 Å². The summed E-state index contributed by atoms with van der Waals surface area (Å²) in [4.78, 5) is 27.0. The molecule has 0 aliphatic heterocycles. The number of carboxylic acid groups (broad SMARTS) is 1. The van der Waals surface area contributed by atoms with Gasteiger partial charge >= 0.3 is 5.97 Å². The summed E-state index contributed by atoms with van der Waals surface area (Å²) in [6.45, 7) is 2.04. The van der Waals surface area contributed by atoms with Crippen molar-refractivity contribution in [3.63, 3.8) is 0 Å². The normalized spacial score (nSPS) is 21.3. The number of nitrogens with zero attached hydrogens (tertiary/aromatic N) is 1. The van der Waals surface area contributed by atoms with Crippen molar-refractivity contribution in [2.75, 3.05) is 5.32 Å². The van der Waals surface area contributed by atoms with E-state index in [1.165, 1.54) is 17.4 Å². The zero-order valence-electron chi connectivity index (χ0n) is 10.2. The van der Waals surface area contributed by atoms with Gasteiger partial charge in [0, 0.05) is 5.92 Å². The first-order valence-corrected chi connectivity index (χ1v) is 6.81. The van der Waals surface area contributed by atoms with Crippen molar-refractivity contribution in [2.45, 2.75) is 13.3 Å². The second-order valence-electron chi connectivity index (χ2n) is 4.82. The summed E-state index contributed by atoms with van der Waals surface area (Å²) >= 11 is 1.30. The summed E-state index contributed by atoms with van der Waals surface area (Å²) in [5.41, 5.74) is 0.930. The maximum Gasteiger partial charge on any atom is 0.335 e. The average Bonchev–Trinajstić information content (AvgIpc) is 2.96. The zero-order valence-corrected chi connectivity index (χ0v) is 11.0. The molecular weight excluding hydrogens is 264 g/mol. The monoisotopic (exact) mass is 276 g/mol. The lowest BCUT2D eigenvalue weighted by molar-refractivity contribution is -0.117. The number of thiazole rings is 1. The van der Waals surface area contributed by atoms with Crippen LogP contribution in [-0.2, 0) is 4.79 Å². The minimum atomic E-state index is -0.965. The summed E-state index contributed by atoms with van der Waals surface area (Å²) in [6.07, 6.45) is 0.930. The van der Waals surface area contributed by atoms with Gasteiger partial charge in [0.05, 0.1) is 15.8 Å². The molecule has 1 aromatic carbocycles. The third-order valence-electron chi connectivity index (χ3n) is 3.31. The molecule has 1 saturated carbocycles. The highest BCUT2D eigenvalue weighted by Gasteiger charge is 2.39. The molecular formula is C13H12N2O3S. The Morgan fingerprint density at radius 1 is 1.47 bits per heavy atom. The molecule has 6 heteroatoms. The lowest BCUT2D eigenvalue weighted by atomic mass is 10.2. The summed E-state index contributed by atoms with van der Waals surface area (Å²) < 4.78 is 0.763. The molecule has 1 heterocycles. The van der Waals surface area contributed by atoms with E-state index in [9.17, 15) is 9.59 Å². The molecule has 0 saturated heterocycles. The molecule has 3 rings (SSSR count). The molecule has 2 N–H and O–H groups in total. The van der Waals surface area contributed by atoms with E-state index < -0.39 is 5.97 Å². The van der Waals surface area contributed by atoms with Crippen molar-refractivity contribution in [3.8, 4) is 0 Å². The standard InChI is InChI=1S/C13H12N2O3S/c1-6-4-8(6)11(16)15-13-14-9-3-2-7(12(17)18)5-10(9)19-13/h2-3,5-6,8H,4H2,1H3,(H,17,18)(H,14,15,16). The number of nitrogens with one attached hydrogen (secondary N) is 1. The topological polar surface area (TPSA) is 79.3 Å². The van der Waals surface area contributed by atoms with Crippen LogP contribution in [0.25, 0.3) is 10.2 Å². The highest BCUT2D eigenvalue weighted by molar-refractivity contribution is 7.22. The third kappa shape index (κ3) is 2.31. The van der Waals surface area contributed by atoms with Crippen LogP contribution in [0.1, 0.15) is 23.7 Å². The Morgan fingerprint density at radius 2 is 2.21 bits per heavy atom. The van der Waals surface area contributed by atoms with Gasteiger partial charge in [0.1, 0.15) is 0 Å². The first kappa shape index (κ1) is 12.1. The van der Waals surface area contributed by atoms with Gasteiger partial charge in [-0.05, 0) is 30.5 Å². The van der Waals surface area contributed by atoms with Gasteiger partial charge in [0.2, 0.25) is 5.91 Å². The van der Waals surface area contributed by atoms with E-state index in [-0.39, 0.29) is 17.4 Å². The van der Waals surface area contributed by atoms with Crippen LogP contribution in [0.4, 0.5) is 5.13 Å². The predicted octanol–water partition coefficient (Wildman–Crippen LogP) is 2.59. The van der Waals surface area contributed by atoms with E-state index in [1.54, 1.807) is 12.1 Å². The third-order valence-corrected chi connectivity index (χ3v) is 4.25. The van der Waals surface area contributed by atoms with Crippen LogP contribution in [0.3, 0.4) is 0 Å². The van der Waals surface area contributed by atoms with Crippen molar-refractivity contribution in [1.82, 2.24) is 4.98 Å². The van der Waals surface area contributed by atoms with Crippen LogP contribution in [0.15, 0.2) is 18.2 Å². The lowest BCUT2D eigenvalue weighted by Gasteiger charge is -1.97. The van der Waals surface area contributed by atoms with Crippen molar-refractivity contribution >= 4 is 38.6 Å². The molecule has 19 heavy (non-hydrogen) atoms. The summed E-state index contributed by atoms with van der Waals surface area (Å²) in [7, 11) is 0. The van der Waals surface area contributed by atoms with Gasteiger partial charge in [-0.1, -0.05) is 18.3 Å². The van der Waals surface area contributed by atoms with E-state index in [0.717, 1.165) is 11.1 Å². The first-order chi connectivity index (χ1) is 9.04. The molecule has 1 fully saturated rings. The quantitative estimate of drug-likeness (QED) is 0.903. The van der Waals surface area contributed by atoms with Crippen molar-refractivity contribution in [3.05, 3.63) is 23.8 Å². The smallest absolute Gasteiger partial charge is 0.335 e. The minimum Gasteiger partial charge on any atom is -0.478 e. The van der Waals surface area contributed by atoms with Crippen LogP contribution >= 0.6 is 11.3 Å². The number of aromatic nitrogens is 1. The fourth-order valence-corrected chi connectivity index (χ4v) is 2.90. The number of aromatic carboxylic acids is 1. The fraction of sp³-hybridized carbons (Fsp3) is 0.308. The van der Waals surface area contributed by atoms with Crippen LogP contribution in [0.2, 0.25) is 0 Å². The Morgan fingerprint density at radius 3 is 2.84 bits per heavy atom. The van der Waals surface area contributed by atoms with E-state index in [0.29, 0.717) is 16.6 Å². The number of fused-ring (bicyclic) bond motifs is 1. The molecule has 1 aromatic heterocycles. The fourth-order valence-electron chi connectivity index (χ4n) is 2.00. The first-order valence-electron chi connectivity index (χ1n) is 5.99. The van der Waals surface area contributed by atoms with E-state index >= 15 is 0 Å². The zero-order chi connectivity index (χ0) is 13.6. The molecule has 1 aliphatic rings. The molecule has 0 bridgehead atoms. The van der Waals surface area contributed by atoms with Gasteiger partial charge < -0.3 is 10.4 Å². The van der Waals surface area contributed by atoms with Gasteiger partial charge in [-0.3, -0.25) is 4.79 Å². The molecule has 0 radical (unpaired) electrons. The predicted molar refractivity (Wildman–Crippen MR) is 72.5 cm³/mol. The SMILES string of the molecule is CC1CC1C(=O)Nc1nc2ccc(C(=O)O)cc2s1. The molecule has 2 atom stereocenters. The Labute approximate surface area is 113 Å². The van der Waals surface area contributed by atoms with E-state index in [1.807, 2.05) is 6.92 Å². The van der Waals surface area contributed by atoms with Crippen LogP contribution in [-0.4, -0.2) is 22.0 Å². The number of carboxylic acids is 1. The molecule has 5 nitrogen and oxygen atoms in total. The molecule has 0 spiro atoms. The Bertz CT molecular complexity index is 680. The molecule has 2 aromatic rings. The number of rotatable bonds is 3. The van der Waals surface area contributed by atoms with Crippen molar-refractivity contribution in [1.29, 1.82) is 0 Å². The Hall–Kier alpha value is -1.95. The van der Waals surface area contributed by atoms with E-state index in [2.05, 4.69) is 10.3 Å². The number of benzene rings is 1. The average molecular weight is 276 g/mol. The summed E-state index contributed by atoms with van der Waals surface area (Å²) in [6, 6.07) is 4.74. The highest BCUT2D eigenvalue weighted by Crippen LogP contribution is 2.39. The van der Waals surface area contributed by atoms with Gasteiger partial charge in [-0.25, -0.2) is 9.78 Å². The summed E-state index contributed by atoms with van der Waals surface area (Å²) in [5.74, 6) is -0.410. The second kappa shape index (κ2) is 4.31. The number of hydrogen-bond acceptors (Lipinski definition) is 4. The highest BCUT2D eigenvalue weighted by atomic mass is 32.1. The number of carbonyl (C=O) groups excluding carboxylic acids is 1. The van der Waals surface area contributed by atoms with Crippen LogP contribution in [0.5, 0.6) is 0 Å². The molecule has 98 valence electrons. The van der Waals surface area contributed by atoms with Crippen LogP contribution in [0, 0.1) is 11.8 Å². The number of hydrogen-bond donors (Lipinski definition) is 2. The van der Waals surface area contributed by atoms with Gasteiger partial charge in [-0.15, -0.1) is 0 Å². The maximum absolute atomic E-state index is 11.8. The number of anilines is 1. The lowest BCUT2D eigenvalue weighted by Crippen LogP contribution is -2.14. The van der Waals surface area contributed by atoms with Gasteiger partial charge in [-0.2, -0.15) is 0 Å². The number of amides is 1. The minimum absolute atomic E-state index is 0.00464. The maximum atomic E-state index is 11.8. The largest absolute Gasteiger partial charge is 0.478 e. The van der Waals surface area contributed by atoms with Gasteiger partial charge in [0.15, 0.2) is 5.13 Å². The van der Waals surface area contributed by atoms with Crippen molar-refractivity contribution in [2.24, 2.45) is 11.8 Å². The molecule has 1 amide bonds. The Kier molecular flexibility index (Phi) is 2.74. The summed E-state index contributed by atoms with van der Waals surface area (Å²) in [5, 5.41) is 12.2. The second-order valence-corrected chi connectivity index (χ2v) is 5.85. The Balaban J connectivity index is 1.85. The van der Waals surface area contributed by atoms with Crippen LogP contribution < -0.4 is 5.32 Å². The molecule has 2 unspecified atom stereocenters. The molecule has 1 aliphatic carbocycles. The number of carbonyl (C=O) groups is 2. The van der Waals surface area contributed by atoms with E-state index in [4.69, 9.17) is 5.11 Å².